The van der Waals surface area contributed by atoms with Crippen molar-refractivity contribution in [3.8, 4) is 5.75 Å². The molecule has 1 aromatic carbocycles. The van der Waals surface area contributed by atoms with Gasteiger partial charge in [0, 0.05) is 12.1 Å². The number of benzene rings is 1. The lowest BCUT2D eigenvalue weighted by molar-refractivity contribution is -0.164. The molecule has 3 aliphatic rings. The van der Waals surface area contributed by atoms with Crippen LogP contribution >= 0.6 is 11.6 Å². The molecule has 2 fully saturated rings. The minimum Gasteiger partial charge on any atom is -0.490 e. The standard InChI is InChI=1S/C17H19ClN2O5/c1-17(2)24-14-11(20-16(22)15(14)25-17)12(21)10-8-4-3-5-9(18)13(8)23-7-6-19-10/h3-5,10-11,14-15,19H,6-7H2,1-2H3,(H,20,22)/t10?,11-,14+,15+/m1/s1. The summed E-state index contributed by atoms with van der Waals surface area (Å²) in [6.45, 7) is 4.34. The zero-order valence-corrected chi connectivity index (χ0v) is 14.6. The third-order valence-electron chi connectivity index (χ3n) is 4.61. The molecule has 0 spiro atoms. The van der Waals surface area contributed by atoms with Gasteiger partial charge in [-0.3, -0.25) is 9.59 Å². The van der Waals surface area contributed by atoms with Gasteiger partial charge in [0.05, 0.1) is 11.1 Å². The van der Waals surface area contributed by atoms with Gasteiger partial charge in [0.15, 0.2) is 17.7 Å². The number of fused-ring (bicyclic) bond motifs is 2. The highest BCUT2D eigenvalue weighted by Crippen LogP contribution is 2.38. The molecule has 4 atom stereocenters. The number of amides is 1. The molecule has 3 heterocycles. The summed E-state index contributed by atoms with van der Waals surface area (Å²) < 4.78 is 17.1. The molecule has 8 heteroatoms. The third-order valence-corrected chi connectivity index (χ3v) is 4.91. The van der Waals surface area contributed by atoms with E-state index < -0.39 is 30.1 Å². The maximum absolute atomic E-state index is 13.2. The molecule has 0 radical (unpaired) electrons. The van der Waals surface area contributed by atoms with Crippen LogP contribution < -0.4 is 15.4 Å². The van der Waals surface area contributed by atoms with Gasteiger partial charge >= 0.3 is 0 Å². The number of carbonyl (C=O) groups is 2. The minimum atomic E-state index is -0.896. The van der Waals surface area contributed by atoms with E-state index in [4.69, 9.17) is 25.8 Å². The summed E-state index contributed by atoms with van der Waals surface area (Å²) in [4.78, 5) is 25.4. The summed E-state index contributed by atoms with van der Waals surface area (Å²) in [6.07, 6.45) is -1.42. The Bertz CT molecular complexity index is 738. The number of ketones is 1. The van der Waals surface area contributed by atoms with Crippen LogP contribution in [0.3, 0.4) is 0 Å². The van der Waals surface area contributed by atoms with E-state index in [1.807, 2.05) is 0 Å². The molecule has 2 N–H and O–H groups in total. The molecule has 2 saturated heterocycles. The van der Waals surface area contributed by atoms with Gasteiger partial charge in [-0.2, -0.15) is 0 Å². The van der Waals surface area contributed by atoms with Crippen LogP contribution in [0.5, 0.6) is 5.75 Å². The van der Waals surface area contributed by atoms with Crippen molar-refractivity contribution in [2.45, 2.75) is 43.9 Å². The molecular weight excluding hydrogens is 348 g/mol. The Hall–Kier alpha value is -1.67. The number of carbonyl (C=O) groups excluding carboxylic acids is 2. The Morgan fingerprint density at radius 3 is 2.92 bits per heavy atom. The lowest BCUT2D eigenvalue weighted by Gasteiger charge is -2.25. The first-order chi connectivity index (χ1) is 11.9. The van der Waals surface area contributed by atoms with Crippen LogP contribution in [0.2, 0.25) is 5.02 Å². The molecule has 4 rings (SSSR count). The molecule has 0 aromatic heterocycles. The van der Waals surface area contributed by atoms with E-state index in [1.54, 1.807) is 32.0 Å². The summed E-state index contributed by atoms with van der Waals surface area (Å²) in [6, 6.07) is 3.85. The van der Waals surface area contributed by atoms with Crippen molar-refractivity contribution >= 4 is 23.3 Å². The van der Waals surface area contributed by atoms with Crippen LogP contribution in [0, 0.1) is 0 Å². The second-order valence-corrected chi connectivity index (χ2v) is 7.21. The Balaban J connectivity index is 1.66. The van der Waals surface area contributed by atoms with E-state index in [0.29, 0.717) is 29.5 Å². The zero-order chi connectivity index (χ0) is 17.8. The molecule has 0 saturated carbocycles. The quantitative estimate of drug-likeness (QED) is 0.810. The fourth-order valence-electron chi connectivity index (χ4n) is 3.59. The van der Waals surface area contributed by atoms with Crippen molar-refractivity contribution < 1.29 is 23.8 Å². The van der Waals surface area contributed by atoms with Crippen molar-refractivity contribution in [3.05, 3.63) is 28.8 Å². The molecule has 7 nitrogen and oxygen atoms in total. The van der Waals surface area contributed by atoms with Crippen LogP contribution in [0.25, 0.3) is 0 Å². The van der Waals surface area contributed by atoms with Crippen molar-refractivity contribution in [2.75, 3.05) is 13.2 Å². The van der Waals surface area contributed by atoms with E-state index in [2.05, 4.69) is 10.6 Å². The molecule has 0 aliphatic carbocycles. The van der Waals surface area contributed by atoms with Gasteiger partial charge in [0.25, 0.3) is 5.91 Å². The molecule has 134 valence electrons. The first-order valence-corrected chi connectivity index (χ1v) is 8.59. The smallest absolute Gasteiger partial charge is 0.252 e. The molecule has 1 amide bonds. The molecule has 25 heavy (non-hydrogen) atoms. The molecule has 3 aliphatic heterocycles. The van der Waals surface area contributed by atoms with Crippen molar-refractivity contribution in [3.63, 3.8) is 0 Å². The molecule has 1 aromatic rings. The SMILES string of the molecule is CC1(C)O[C@H]2[C@@H](C(=O)C3NCCOc4c(Cl)cccc43)NC(=O)[C@H]2O1. The van der Waals surface area contributed by atoms with E-state index >= 15 is 0 Å². The summed E-state index contributed by atoms with van der Waals surface area (Å²) in [7, 11) is 0. The average Bonchev–Trinajstić information content (AvgIpc) is 2.91. The van der Waals surface area contributed by atoms with Gasteiger partial charge in [-0.15, -0.1) is 0 Å². The van der Waals surface area contributed by atoms with Gasteiger partial charge in [-0.1, -0.05) is 23.7 Å². The van der Waals surface area contributed by atoms with Crippen LogP contribution in [-0.2, 0) is 19.1 Å². The van der Waals surface area contributed by atoms with Gasteiger partial charge in [0.2, 0.25) is 0 Å². The third kappa shape index (κ3) is 2.81. The van der Waals surface area contributed by atoms with Crippen molar-refractivity contribution in [2.24, 2.45) is 0 Å². The van der Waals surface area contributed by atoms with Gasteiger partial charge in [-0.05, 0) is 19.9 Å². The topological polar surface area (TPSA) is 85.9 Å². The number of nitrogens with one attached hydrogen (secondary N) is 2. The number of para-hydroxylation sites is 1. The second-order valence-electron chi connectivity index (χ2n) is 6.80. The predicted octanol–water partition coefficient (Wildman–Crippen LogP) is 0.951. The Kier molecular flexibility index (Phi) is 3.99. The number of hydrogen-bond donors (Lipinski definition) is 2. The fourth-order valence-corrected chi connectivity index (χ4v) is 3.83. The average molecular weight is 367 g/mol. The highest BCUT2D eigenvalue weighted by Gasteiger charge is 2.57. The van der Waals surface area contributed by atoms with E-state index in [1.165, 1.54) is 0 Å². The van der Waals surface area contributed by atoms with Crippen molar-refractivity contribution in [1.29, 1.82) is 0 Å². The molecule has 0 bridgehead atoms. The predicted molar refractivity (Wildman–Crippen MR) is 88.5 cm³/mol. The first-order valence-electron chi connectivity index (χ1n) is 8.22. The lowest BCUT2D eigenvalue weighted by Crippen LogP contribution is -2.47. The minimum absolute atomic E-state index is 0.198. The summed E-state index contributed by atoms with van der Waals surface area (Å²) >= 11 is 6.22. The van der Waals surface area contributed by atoms with Gasteiger partial charge in [0.1, 0.15) is 24.5 Å². The van der Waals surface area contributed by atoms with Crippen LogP contribution in [0.15, 0.2) is 18.2 Å². The number of ether oxygens (including phenoxy) is 3. The normalized spacial score (nSPS) is 33.0. The van der Waals surface area contributed by atoms with Crippen LogP contribution in [-0.4, -0.2) is 48.9 Å². The van der Waals surface area contributed by atoms with Crippen LogP contribution in [0.4, 0.5) is 0 Å². The van der Waals surface area contributed by atoms with E-state index in [0.717, 1.165) is 0 Å². The largest absolute Gasteiger partial charge is 0.490 e. The van der Waals surface area contributed by atoms with Gasteiger partial charge in [-0.25, -0.2) is 0 Å². The highest BCUT2D eigenvalue weighted by molar-refractivity contribution is 6.32. The number of halogens is 1. The van der Waals surface area contributed by atoms with Crippen LogP contribution in [0.1, 0.15) is 25.5 Å². The fraction of sp³-hybridized carbons (Fsp3) is 0.529. The monoisotopic (exact) mass is 366 g/mol. The summed E-state index contributed by atoms with van der Waals surface area (Å²) in [5.74, 6) is -0.925. The summed E-state index contributed by atoms with van der Waals surface area (Å²) in [5, 5.41) is 6.33. The lowest BCUT2D eigenvalue weighted by atomic mass is 9.94. The number of hydrogen-bond acceptors (Lipinski definition) is 6. The maximum Gasteiger partial charge on any atom is 0.252 e. The van der Waals surface area contributed by atoms with E-state index in [9.17, 15) is 9.59 Å². The Labute approximate surface area is 149 Å². The molecular formula is C17H19ClN2O5. The Morgan fingerprint density at radius 2 is 2.12 bits per heavy atom. The molecule has 1 unspecified atom stereocenters. The first kappa shape index (κ1) is 16.8. The summed E-state index contributed by atoms with van der Waals surface area (Å²) in [5.41, 5.74) is 0.658. The number of rotatable bonds is 2. The van der Waals surface area contributed by atoms with Gasteiger partial charge < -0.3 is 24.8 Å². The van der Waals surface area contributed by atoms with Crippen molar-refractivity contribution in [1.82, 2.24) is 10.6 Å². The van der Waals surface area contributed by atoms with E-state index in [-0.39, 0.29) is 11.7 Å². The second kappa shape index (κ2) is 5.95. The zero-order valence-electron chi connectivity index (χ0n) is 13.9. The number of Topliss-reactive ketones (excluding diaryl/α,β-unsaturated/α-hetero) is 1. The Morgan fingerprint density at radius 1 is 1.32 bits per heavy atom. The maximum atomic E-state index is 13.2. The highest BCUT2D eigenvalue weighted by atomic mass is 35.5.